The van der Waals surface area contributed by atoms with Gasteiger partial charge in [0.15, 0.2) is 0 Å². The highest BCUT2D eigenvalue weighted by atomic mass is 79.9. The van der Waals surface area contributed by atoms with Crippen molar-refractivity contribution in [1.29, 1.82) is 0 Å². The Balaban J connectivity index is 3.09. The van der Waals surface area contributed by atoms with E-state index < -0.39 is 20.1 Å². The molecule has 6 heteroatoms. The van der Waals surface area contributed by atoms with E-state index >= 15 is 0 Å². The molecule has 1 rings (SSSR count). The maximum atomic E-state index is 12.6. The van der Waals surface area contributed by atoms with E-state index in [2.05, 4.69) is 15.9 Å². The van der Waals surface area contributed by atoms with Gasteiger partial charge in [0.05, 0.1) is 5.56 Å². The summed E-state index contributed by atoms with van der Waals surface area (Å²) in [6.45, 7) is 5.76. The molecule has 0 heterocycles. The summed E-state index contributed by atoms with van der Waals surface area (Å²) in [6.07, 6.45) is -4.36. The normalized spacial score (nSPS) is 12.7. The van der Waals surface area contributed by atoms with Crippen molar-refractivity contribution in [3.05, 3.63) is 28.2 Å². The molecule has 0 spiro atoms. The lowest BCUT2D eigenvalue weighted by molar-refractivity contribution is -0.138. The zero-order valence-electron chi connectivity index (χ0n) is 9.15. The van der Waals surface area contributed by atoms with E-state index in [0.29, 0.717) is 0 Å². The van der Waals surface area contributed by atoms with Gasteiger partial charge in [0.1, 0.15) is 5.75 Å². The molecule has 0 atom stereocenters. The largest absolute Gasteiger partial charge is 0.544 e. The third-order valence-electron chi connectivity index (χ3n) is 1.67. The van der Waals surface area contributed by atoms with Gasteiger partial charge in [-0.1, -0.05) is 15.9 Å². The molecular weight excluding hydrogens is 301 g/mol. The number of rotatable bonds is 2. The first-order valence-electron chi connectivity index (χ1n) is 4.65. The van der Waals surface area contributed by atoms with Crippen LogP contribution in [0.2, 0.25) is 19.6 Å². The Morgan fingerprint density at radius 1 is 1.19 bits per heavy atom. The van der Waals surface area contributed by atoms with E-state index in [-0.39, 0.29) is 10.2 Å². The number of hydrogen-bond donors (Lipinski definition) is 0. The lowest BCUT2D eigenvalue weighted by Gasteiger charge is -2.20. The van der Waals surface area contributed by atoms with Gasteiger partial charge >= 0.3 is 6.18 Å². The number of halogens is 4. The van der Waals surface area contributed by atoms with Crippen molar-refractivity contribution in [3.8, 4) is 5.75 Å². The maximum Gasteiger partial charge on any atom is 0.417 e. The van der Waals surface area contributed by atoms with Gasteiger partial charge in [-0.15, -0.1) is 0 Å². The van der Waals surface area contributed by atoms with Crippen LogP contribution in [-0.2, 0) is 6.18 Å². The average Bonchev–Trinajstić information content (AvgIpc) is 2.04. The molecule has 0 aliphatic rings. The fourth-order valence-corrected chi connectivity index (χ4v) is 2.44. The molecule has 0 unspecified atom stereocenters. The van der Waals surface area contributed by atoms with Gasteiger partial charge in [0, 0.05) is 4.47 Å². The third kappa shape index (κ3) is 3.82. The van der Waals surface area contributed by atoms with Crippen molar-refractivity contribution in [1.82, 2.24) is 0 Å². The maximum absolute atomic E-state index is 12.6. The fourth-order valence-electron chi connectivity index (χ4n) is 1.14. The molecule has 1 nitrogen and oxygen atoms in total. The first-order valence-corrected chi connectivity index (χ1v) is 8.85. The monoisotopic (exact) mass is 312 g/mol. The van der Waals surface area contributed by atoms with Gasteiger partial charge in [0.25, 0.3) is 0 Å². The van der Waals surface area contributed by atoms with Crippen molar-refractivity contribution in [2.24, 2.45) is 0 Å². The van der Waals surface area contributed by atoms with Crippen molar-refractivity contribution < 1.29 is 17.6 Å². The molecule has 0 fully saturated rings. The smallest absolute Gasteiger partial charge is 0.417 e. The van der Waals surface area contributed by atoms with Crippen LogP contribution in [0.1, 0.15) is 5.56 Å². The first kappa shape index (κ1) is 13.6. The van der Waals surface area contributed by atoms with Crippen LogP contribution in [0.3, 0.4) is 0 Å². The van der Waals surface area contributed by atoms with E-state index in [9.17, 15) is 13.2 Å². The molecule has 0 saturated heterocycles. The van der Waals surface area contributed by atoms with Gasteiger partial charge < -0.3 is 4.43 Å². The van der Waals surface area contributed by atoms with E-state index in [4.69, 9.17) is 4.43 Å². The van der Waals surface area contributed by atoms with Crippen LogP contribution in [-0.4, -0.2) is 8.32 Å². The summed E-state index contributed by atoms with van der Waals surface area (Å²) in [4.78, 5) is 0. The zero-order valence-corrected chi connectivity index (χ0v) is 11.7. The highest BCUT2D eigenvalue weighted by molar-refractivity contribution is 9.10. The quantitative estimate of drug-likeness (QED) is 0.720. The van der Waals surface area contributed by atoms with Crippen LogP contribution >= 0.6 is 15.9 Å². The molecule has 1 aromatic carbocycles. The van der Waals surface area contributed by atoms with Crippen LogP contribution in [0.25, 0.3) is 0 Å². The van der Waals surface area contributed by atoms with Gasteiger partial charge in [-0.3, -0.25) is 0 Å². The minimum Gasteiger partial charge on any atom is -0.544 e. The SMILES string of the molecule is C[Si](C)(C)Oc1ccc(Br)c(C(F)(F)F)c1. The lowest BCUT2D eigenvalue weighted by Crippen LogP contribution is -2.29. The minimum absolute atomic E-state index is 0.0305. The van der Waals surface area contributed by atoms with Crippen LogP contribution in [0.4, 0.5) is 13.2 Å². The van der Waals surface area contributed by atoms with E-state index in [1.807, 2.05) is 19.6 Å². The Morgan fingerprint density at radius 2 is 1.75 bits per heavy atom. The fraction of sp³-hybridized carbons (Fsp3) is 0.400. The molecule has 16 heavy (non-hydrogen) atoms. The molecular formula is C10H12BrF3OSi. The Kier molecular flexibility index (Phi) is 3.74. The molecule has 0 aliphatic heterocycles. The predicted octanol–water partition coefficient (Wildman–Crippen LogP) is 4.68. The summed E-state index contributed by atoms with van der Waals surface area (Å²) >= 11 is 2.88. The Bertz CT molecular complexity index is 385. The number of alkyl halides is 3. The molecule has 0 bridgehead atoms. The Morgan fingerprint density at radius 3 is 2.19 bits per heavy atom. The average molecular weight is 313 g/mol. The van der Waals surface area contributed by atoms with Crippen LogP contribution in [0, 0.1) is 0 Å². The van der Waals surface area contributed by atoms with Crippen molar-refractivity contribution in [2.45, 2.75) is 25.8 Å². The highest BCUT2D eigenvalue weighted by Gasteiger charge is 2.33. The standard InChI is InChI=1S/C10H12BrF3OSi/c1-16(2,3)15-7-4-5-9(11)8(6-7)10(12,13)14/h4-6H,1-3H3. The third-order valence-corrected chi connectivity index (χ3v) is 3.21. The summed E-state index contributed by atoms with van der Waals surface area (Å²) in [6, 6.07) is 3.93. The van der Waals surface area contributed by atoms with Crippen LogP contribution in [0.5, 0.6) is 5.75 Å². The van der Waals surface area contributed by atoms with E-state index in [0.717, 1.165) is 6.07 Å². The molecule has 0 aliphatic carbocycles. The van der Waals surface area contributed by atoms with Crippen molar-refractivity contribution in [3.63, 3.8) is 0 Å². The number of benzene rings is 1. The highest BCUT2D eigenvalue weighted by Crippen LogP contribution is 2.37. The van der Waals surface area contributed by atoms with Crippen LogP contribution in [0.15, 0.2) is 22.7 Å². The lowest BCUT2D eigenvalue weighted by atomic mass is 10.2. The molecule has 0 saturated carbocycles. The Labute approximate surface area is 102 Å². The molecule has 1 aromatic rings. The van der Waals surface area contributed by atoms with Crippen molar-refractivity contribution >= 4 is 24.2 Å². The van der Waals surface area contributed by atoms with E-state index in [1.165, 1.54) is 12.1 Å². The molecule has 0 N–H and O–H groups in total. The summed E-state index contributed by atoms with van der Waals surface area (Å²) in [5.41, 5.74) is -0.705. The Hall–Kier alpha value is -0.493. The minimum atomic E-state index is -4.36. The van der Waals surface area contributed by atoms with E-state index in [1.54, 1.807) is 0 Å². The topological polar surface area (TPSA) is 9.23 Å². The summed E-state index contributed by atoms with van der Waals surface area (Å²) < 4.78 is 43.3. The predicted molar refractivity (Wildman–Crippen MR) is 63.1 cm³/mol. The summed E-state index contributed by atoms with van der Waals surface area (Å²) in [5.74, 6) is 0.273. The zero-order chi connectivity index (χ0) is 12.6. The molecule has 0 radical (unpaired) electrons. The van der Waals surface area contributed by atoms with Gasteiger partial charge in [-0.05, 0) is 37.8 Å². The second kappa shape index (κ2) is 4.41. The van der Waals surface area contributed by atoms with Gasteiger partial charge in [0.2, 0.25) is 8.32 Å². The van der Waals surface area contributed by atoms with Crippen LogP contribution < -0.4 is 4.43 Å². The second-order valence-corrected chi connectivity index (χ2v) is 9.64. The first-order chi connectivity index (χ1) is 7.09. The summed E-state index contributed by atoms with van der Waals surface area (Å²) in [7, 11) is -1.88. The summed E-state index contributed by atoms with van der Waals surface area (Å²) in [5, 5.41) is 0. The van der Waals surface area contributed by atoms with Gasteiger partial charge in [-0.2, -0.15) is 13.2 Å². The number of hydrogen-bond acceptors (Lipinski definition) is 1. The molecule has 90 valence electrons. The molecule has 0 aromatic heterocycles. The molecule has 0 amide bonds. The van der Waals surface area contributed by atoms with Crippen molar-refractivity contribution in [2.75, 3.05) is 0 Å². The second-order valence-electron chi connectivity index (χ2n) is 4.35. The van der Waals surface area contributed by atoms with Gasteiger partial charge in [-0.25, -0.2) is 0 Å².